The van der Waals surface area contributed by atoms with Crippen molar-refractivity contribution in [3.63, 3.8) is 0 Å². The Labute approximate surface area is 464 Å². The van der Waals surface area contributed by atoms with Crippen LogP contribution in [0.2, 0.25) is 0 Å². The van der Waals surface area contributed by atoms with E-state index in [4.69, 9.17) is 28.9 Å². The Morgan fingerprint density at radius 1 is 0.925 bits per heavy atom. The number of halogens is 3. The van der Waals surface area contributed by atoms with Crippen LogP contribution in [0, 0.1) is 42.4 Å². The van der Waals surface area contributed by atoms with Crippen molar-refractivity contribution >= 4 is 40.0 Å². The zero-order chi connectivity index (χ0) is 58.3. The number of aliphatic hydroxyl groups is 2. The Hall–Kier alpha value is -6.51. The number of hydrogen-bond donors (Lipinski definition) is 5. The van der Waals surface area contributed by atoms with E-state index in [-0.39, 0.29) is 80.8 Å². The van der Waals surface area contributed by atoms with Gasteiger partial charge in [0.1, 0.15) is 40.8 Å². The predicted molar refractivity (Wildman–Crippen MR) is 291 cm³/mol. The quantitative estimate of drug-likeness (QED) is 0.0819. The van der Waals surface area contributed by atoms with Crippen molar-refractivity contribution in [1.29, 1.82) is 0 Å². The van der Waals surface area contributed by atoms with Gasteiger partial charge >= 0.3 is 17.9 Å². The number of carbonyl (C=O) groups is 4. The van der Waals surface area contributed by atoms with Crippen LogP contribution in [0.15, 0.2) is 64.3 Å². The normalized spacial score (nSPS) is 28.3. The summed E-state index contributed by atoms with van der Waals surface area (Å²) in [5.74, 6) is -7.72. The maximum atomic E-state index is 14.9. The summed E-state index contributed by atoms with van der Waals surface area (Å²) >= 11 is 0. The molecule has 434 valence electrons. The number of Topliss-reactive ketones (excluding diaryl/α,β-unsaturated/α-hetero) is 1. The fourth-order valence-corrected chi connectivity index (χ4v) is 11.9. The third kappa shape index (κ3) is 12.2. The van der Waals surface area contributed by atoms with Crippen molar-refractivity contribution in [3.05, 3.63) is 87.3 Å². The molecule has 17 nitrogen and oxygen atoms in total. The molecule has 20 heteroatoms. The molecule has 5 N–H and O–H groups in total. The lowest BCUT2D eigenvalue weighted by Crippen LogP contribution is -2.45. The number of ether oxygens (including phenoxy) is 4. The number of amides is 2. The minimum absolute atomic E-state index is 0.00299. The molecule has 5 bridgehead atoms. The molecular weight excluding hydrogens is 1040 g/mol. The Morgan fingerprint density at radius 3 is 2.25 bits per heavy atom. The number of alkyl halides is 3. The SMILES string of the molecule is COc1cc(CC2CCN(C(=O)CC(=O)O[C@H]3[C@H](C)[C@H](O)[C@H](C)[C@@H](O)[C@@H](C)/C=C/C=C(/C)C(=O)Nc4c(O)c5c(O)c(C)c6c(c5c5c4=NC4(CCN(CC(C)C)CC4)N=5)C(=O)[C@@](C)(O/C=C/C[C@H]3C)O6)CC2)cc(C(F)(F)F)c1. The van der Waals surface area contributed by atoms with Crippen molar-refractivity contribution in [2.24, 2.45) is 45.5 Å². The van der Waals surface area contributed by atoms with Crippen LogP contribution in [0.4, 0.5) is 18.9 Å². The molecule has 0 radical (unpaired) electrons. The number of methoxy groups -OCH3 is 1. The smallest absolute Gasteiger partial charge is 0.416 e. The van der Waals surface area contributed by atoms with Gasteiger partial charge < -0.3 is 54.5 Å². The highest BCUT2D eigenvalue weighted by molar-refractivity contribution is 6.19. The van der Waals surface area contributed by atoms with Crippen molar-refractivity contribution in [2.45, 2.75) is 143 Å². The van der Waals surface area contributed by atoms with Gasteiger partial charge in [0, 0.05) is 86.8 Å². The van der Waals surface area contributed by atoms with Gasteiger partial charge in [-0.2, -0.15) is 13.2 Å². The molecule has 3 aromatic rings. The average molecular weight is 1120 g/mol. The number of ketones is 1. The van der Waals surface area contributed by atoms with Crippen molar-refractivity contribution in [2.75, 3.05) is 45.2 Å². The predicted octanol–water partition coefficient (Wildman–Crippen LogP) is 8.00. The van der Waals surface area contributed by atoms with E-state index >= 15 is 0 Å². The number of esters is 1. The number of anilines is 1. The van der Waals surface area contributed by atoms with Crippen LogP contribution in [-0.4, -0.2) is 123 Å². The largest absolute Gasteiger partial charge is 0.507 e. The van der Waals surface area contributed by atoms with E-state index in [1.807, 2.05) is 0 Å². The van der Waals surface area contributed by atoms with Crippen molar-refractivity contribution < 1.29 is 71.7 Å². The summed E-state index contributed by atoms with van der Waals surface area (Å²) in [6, 6.07) is 3.64. The minimum Gasteiger partial charge on any atom is -0.507 e. The monoisotopic (exact) mass is 1120 g/mol. The number of piperidine rings is 2. The highest BCUT2D eigenvalue weighted by Gasteiger charge is 2.50. The van der Waals surface area contributed by atoms with E-state index in [1.54, 1.807) is 58.9 Å². The number of hydrogen-bond acceptors (Lipinski definition) is 15. The summed E-state index contributed by atoms with van der Waals surface area (Å²) in [6.45, 7) is 18.5. The van der Waals surface area contributed by atoms with Gasteiger partial charge in [-0.15, -0.1) is 0 Å². The first kappa shape index (κ1) is 59.6. The van der Waals surface area contributed by atoms with Gasteiger partial charge in [0.25, 0.3) is 11.7 Å². The summed E-state index contributed by atoms with van der Waals surface area (Å²) in [6.07, 6.45) is 1.63. The molecule has 6 aliphatic heterocycles. The Balaban J connectivity index is 1.07. The fourth-order valence-electron chi connectivity index (χ4n) is 11.9. The summed E-state index contributed by atoms with van der Waals surface area (Å²) < 4.78 is 64.5. The highest BCUT2D eigenvalue weighted by atomic mass is 19.4. The van der Waals surface area contributed by atoms with E-state index in [2.05, 4.69) is 24.1 Å². The van der Waals surface area contributed by atoms with Gasteiger partial charge in [-0.3, -0.25) is 29.2 Å². The number of benzene rings is 3. The summed E-state index contributed by atoms with van der Waals surface area (Å²) in [7, 11) is 1.31. The number of nitrogens with one attached hydrogen (secondary N) is 1. The first-order chi connectivity index (χ1) is 37.6. The van der Waals surface area contributed by atoms with Gasteiger partial charge in [0.05, 0.1) is 47.5 Å². The van der Waals surface area contributed by atoms with Crippen molar-refractivity contribution in [1.82, 2.24) is 9.80 Å². The lowest BCUT2D eigenvalue weighted by atomic mass is 9.79. The van der Waals surface area contributed by atoms with Crippen LogP contribution in [0.25, 0.3) is 10.8 Å². The molecule has 0 unspecified atom stereocenters. The maximum absolute atomic E-state index is 14.9. The van der Waals surface area contributed by atoms with E-state index < -0.39 is 107 Å². The molecule has 0 saturated carbocycles. The summed E-state index contributed by atoms with van der Waals surface area (Å²) in [5, 5.41) is 50.8. The zero-order valence-electron chi connectivity index (χ0n) is 47.3. The van der Waals surface area contributed by atoms with Crippen LogP contribution >= 0.6 is 0 Å². The number of likely N-dealkylation sites (tertiary alicyclic amines) is 2. The lowest BCUT2D eigenvalue weighted by Gasteiger charge is -2.37. The van der Waals surface area contributed by atoms with E-state index in [0.717, 1.165) is 18.7 Å². The highest BCUT2D eigenvalue weighted by Crippen LogP contribution is 2.50. The number of aromatic hydroxyl groups is 2. The molecule has 2 saturated heterocycles. The topological polar surface area (TPSA) is 229 Å². The van der Waals surface area contributed by atoms with Gasteiger partial charge in [-0.05, 0) is 87.1 Å². The van der Waals surface area contributed by atoms with Gasteiger partial charge in [-0.25, -0.2) is 0 Å². The average Bonchev–Trinajstić information content (AvgIpc) is 4.14. The third-order valence-electron chi connectivity index (χ3n) is 16.8. The molecule has 0 aliphatic carbocycles. The second-order valence-corrected chi connectivity index (χ2v) is 23.3. The molecule has 3 aromatic carbocycles. The summed E-state index contributed by atoms with van der Waals surface area (Å²) in [4.78, 5) is 70.6. The molecule has 2 fully saturated rings. The van der Waals surface area contributed by atoms with Crippen LogP contribution in [0.5, 0.6) is 23.0 Å². The zero-order valence-corrected chi connectivity index (χ0v) is 47.3. The second-order valence-electron chi connectivity index (χ2n) is 23.3. The van der Waals surface area contributed by atoms with Gasteiger partial charge in [0.15, 0.2) is 11.4 Å². The molecule has 6 aliphatic rings. The van der Waals surface area contributed by atoms with Gasteiger partial charge in [0.2, 0.25) is 5.91 Å². The fraction of sp³-hybridized carbons (Fsp3) is 0.567. The molecule has 6 heterocycles. The van der Waals surface area contributed by atoms with E-state index in [0.29, 0.717) is 56.7 Å². The molecular formula is C60H76F3N5O12. The van der Waals surface area contributed by atoms with Gasteiger partial charge in [-0.1, -0.05) is 59.8 Å². The third-order valence-corrected chi connectivity index (χ3v) is 16.8. The van der Waals surface area contributed by atoms with E-state index in [1.165, 1.54) is 38.2 Å². The first-order valence-electron chi connectivity index (χ1n) is 27.7. The molecule has 1 spiro atoms. The lowest BCUT2D eigenvalue weighted by molar-refractivity contribution is -0.162. The molecule has 2 amide bonds. The van der Waals surface area contributed by atoms with E-state index in [9.17, 15) is 52.8 Å². The number of rotatable bonds is 8. The number of phenols is 2. The second kappa shape index (κ2) is 23.5. The molecule has 9 rings (SSSR count). The Bertz CT molecular complexity index is 3120. The standard InChI is InChI=1S/C60H76F3N5O12/c1-31(2)30-67-22-18-59(19-23-67)65-47-44-45-52(73)37(8)55-46(44)56(75)58(9,80-55)78-24-12-15-33(4)54(36(7)51(72)35(6)50(71)32(3)13-11-14-34(5)57(76)64-49(53(45)74)48(47)66-59)79-43(70)29-42(69)68-20-16-38(17-21-68)25-39-26-40(60(61,62)63)28-41(27-39)77-10/h11-14,24,26-28,31-33,35-36,38,50-51,54,71-74H,15-23,25,29-30H2,1-10H3,(H,64,76)/b13-11+,24-12+,34-14-/t32-,33+,35+,36+,50-,51+,54+,58-/m0/s1. The number of nitrogens with zero attached hydrogens (tertiary/aromatic N) is 4. The first-order valence-corrected chi connectivity index (χ1v) is 27.7. The number of fused-ring (bicyclic) bond motifs is 13. The molecule has 8 atom stereocenters. The number of aliphatic hydroxyl groups excluding tert-OH is 2. The minimum atomic E-state index is -4.55. The molecule has 0 aromatic heterocycles. The number of phenolic OH excluding ortho intramolecular Hbond substituents is 2. The molecule has 80 heavy (non-hydrogen) atoms. The van der Waals surface area contributed by atoms with Crippen LogP contribution in [0.3, 0.4) is 0 Å². The van der Waals surface area contributed by atoms with Crippen LogP contribution in [0.1, 0.15) is 121 Å². The Kier molecular flexibility index (Phi) is 17.5. The van der Waals surface area contributed by atoms with Crippen molar-refractivity contribution in [3.8, 4) is 23.0 Å². The summed E-state index contributed by atoms with van der Waals surface area (Å²) in [5.41, 5.74) is -1.09. The van der Waals surface area contributed by atoms with Crippen LogP contribution < -0.4 is 25.5 Å². The maximum Gasteiger partial charge on any atom is 0.416 e. The Morgan fingerprint density at radius 2 is 1.60 bits per heavy atom. The van der Waals surface area contributed by atoms with Crippen LogP contribution in [-0.2, 0) is 36.5 Å². The number of carbonyl (C=O) groups excluding carboxylic acids is 4. The number of allylic oxidation sites excluding steroid dienone is 3.